The first-order valence-electron chi connectivity index (χ1n) is 10.1. The van der Waals surface area contributed by atoms with Crippen LogP contribution in [0.3, 0.4) is 0 Å². The number of nitrogens with zero attached hydrogens (tertiary/aromatic N) is 2. The lowest BCUT2D eigenvalue weighted by molar-refractivity contribution is -0.155. The molecular formula is C23H22Cl2N2O3. The number of hydrogen-bond donors (Lipinski definition) is 0. The standard InChI is InChI=1S/C23H22Cl2N2O3/c1-14-6-11-17-19(12-14)23(30)27(22(17)29)26(13-15-7-9-16(24)10-8-15)21(28)18-4-2-3-5-20(18)25/h2-5,7-10,14,17,19H,6,11-13H2,1H3/t14-,17+,19+/m1/s1. The zero-order valence-electron chi connectivity index (χ0n) is 16.6. The van der Waals surface area contributed by atoms with E-state index in [4.69, 9.17) is 23.2 Å². The summed E-state index contributed by atoms with van der Waals surface area (Å²) < 4.78 is 0. The maximum Gasteiger partial charge on any atom is 0.274 e. The van der Waals surface area contributed by atoms with Crippen molar-refractivity contribution in [2.45, 2.75) is 32.7 Å². The van der Waals surface area contributed by atoms with Gasteiger partial charge in [0.25, 0.3) is 17.7 Å². The predicted octanol–water partition coefficient (Wildman–Crippen LogP) is 4.97. The fraction of sp³-hybridized carbons (Fsp3) is 0.348. The second-order valence-electron chi connectivity index (χ2n) is 8.09. The van der Waals surface area contributed by atoms with E-state index in [2.05, 4.69) is 6.92 Å². The summed E-state index contributed by atoms with van der Waals surface area (Å²) in [6.07, 6.45) is 2.24. The zero-order valence-corrected chi connectivity index (χ0v) is 18.1. The van der Waals surface area contributed by atoms with E-state index in [-0.39, 0.29) is 40.8 Å². The van der Waals surface area contributed by atoms with Crippen molar-refractivity contribution in [3.63, 3.8) is 0 Å². The fourth-order valence-electron chi connectivity index (χ4n) is 4.38. The van der Waals surface area contributed by atoms with Crippen LogP contribution in [0.25, 0.3) is 0 Å². The van der Waals surface area contributed by atoms with Crippen LogP contribution < -0.4 is 0 Å². The second kappa shape index (κ2) is 8.40. The van der Waals surface area contributed by atoms with Gasteiger partial charge in [0, 0.05) is 5.02 Å². The van der Waals surface area contributed by atoms with Crippen LogP contribution in [0.1, 0.15) is 42.1 Å². The molecule has 2 aliphatic rings. The van der Waals surface area contributed by atoms with Gasteiger partial charge < -0.3 is 0 Å². The first kappa shape index (κ1) is 20.9. The minimum absolute atomic E-state index is 0.0632. The third kappa shape index (κ3) is 3.84. The normalized spacial score (nSPS) is 23.4. The van der Waals surface area contributed by atoms with Gasteiger partial charge in [0.2, 0.25) is 0 Å². The van der Waals surface area contributed by atoms with Crippen LogP contribution in [0.2, 0.25) is 10.0 Å². The number of rotatable bonds is 4. The number of carbonyl (C=O) groups is 3. The summed E-state index contributed by atoms with van der Waals surface area (Å²) in [4.78, 5) is 39.9. The van der Waals surface area contributed by atoms with Crippen LogP contribution >= 0.6 is 23.2 Å². The van der Waals surface area contributed by atoms with Gasteiger partial charge in [-0.15, -0.1) is 0 Å². The molecule has 156 valence electrons. The Morgan fingerprint density at radius 2 is 1.67 bits per heavy atom. The monoisotopic (exact) mass is 444 g/mol. The number of benzene rings is 2. The number of hydrogen-bond acceptors (Lipinski definition) is 3. The number of halogens is 2. The van der Waals surface area contributed by atoms with Crippen molar-refractivity contribution < 1.29 is 14.4 Å². The smallest absolute Gasteiger partial charge is 0.272 e. The van der Waals surface area contributed by atoms with E-state index in [0.717, 1.165) is 17.0 Å². The average Bonchev–Trinajstić information content (AvgIpc) is 2.97. The highest BCUT2D eigenvalue weighted by Gasteiger charge is 2.52. The lowest BCUT2D eigenvalue weighted by atomic mass is 9.76. The molecule has 1 aliphatic heterocycles. The molecule has 3 amide bonds. The summed E-state index contributed by atoms with van der Waals surface area (Å²) in [6, 6.07) is 13.6. The topological polar surface area (TPSA) is 57.7 Å². The van der Waals surface area contributed by atoms with E-state index in [1.807, 2.05) is 0 Å². The molecule has 1 aliphatic carbocycles. The van der Waals surface area contributed by atoms with Gasteiger partial charge in [0.05, 0.1) is 29.0 Å². The number of fused-ring (bicyclic) bond motifs is 1. The van der Waals surface area contributed by atoms with Crippen molar-refractivity contribution in [2.24, 2.45) is 17.8 Å². The highest BCUT2D eigenvalue weighted by Crippen LogP contribution is 2.41. The van der Waals surface area contributed by atoms with Gasteiger partial charge in [-0.1, -0.05) is 54.4 Å². The summed E-state index contributed by atoms with van der Waals surface area (Å²) in [5.41, 5.74) is 1.00. The number of amides is 3. The minimum Gasteiger partial charge on any atom is -0.272 e. The third-order valence-electron chi connectivity index (χ3n) is 5.99. The Kier molecular flexibility index (Phi) is 5.85. The van der Waals surface area contributed by atoms with Crippen LogP contribution in [-0.4, -0.2) is 27.7 Å². The summed E-state index contributed by atoms with van der Waals surface area (Å²) >= 11 is 12.2. The molecule has 1 saturated carbocycles. The molecule has 0 N–H and O–H groups in total. The van der Waals surface area contributed by atoms with Crippen molar-refractivity contribution in [1.82, 2.24) is 10.0 Å². The number of hydrazine groups is 1. The number of carbonyl (C=O) groups excluding carboxylic acids is 3. The summed E-state index contributed by atoms with van der Waals surface area (Å²) in [7, 11) is 0. The number of imide groups is 1. The summed E-state index contributed by atoms with van der Waals surface area (Å²) in [6.45, 7) is 2.16. The van der Waals surface area contributed by atoms with E-state index < -0.39 is 5.91 Å². The Labute approximate surface area is 185 Å². The molecule has 7 heteroatoms. The molecule has 0 spiro atoms. The lowest BCUT2D eigenvalue weighted by Crippen LogP contribution is -2.49. The van der Waals surface area contributed by atoms with Crippen LogP contribution in [0.5, 0.6) is 0 Å². The SMILES string of the molecule is C[C@@H]1CC[C@@H]2C(=O)N(N(Cc3ccc(Cl)cc3)C(=O)c3ccccc3Cl)C(=O)[C@H]2C1. The zero-order chi connectivity index (χ0) is 21.4. The van der Waals surface area contributed by atoms with Gasteiger partial charge in [-0.05, 0) is 55.0 Å². The molecule has 4 rings (SSSR count). The van der Waals surface area contributed by atoms with E-state index in [0.29, 0.717) is 23.8 Å². The van der Waals surface area contributed by atoms with Gasteiger partial charge >= 0.3 is 0 Å². The highest BCUT2D eigenvalue weighted by molar-refractivity contribution is 6.33. The maximum absolute atomic E-state index is 13.5. The molecule has 0 radical (unpaired) electrons. The Morgan fingerprint density at radius 3 is 2.37 bits per heavy atom. The quantitative estimate of drug-likeness (QED) is 0.625. The van der Waals surface area contributed by atoms with Crippen LogP contribution in [0.15, 0.2) is 48.5 Å². The Hall–Kier alpha value is -2.37. The fourth-order valence-corrected chi connectivity index (χ4v) is 4.72. The molecule has 30 heavy (non-hydrogen) atoms. The van der Waals surface area contributed by atoms with Crippen LogP contribution in [0, 0.1) is 17.8 Å². The van der Waals surface area contributed by atoms with E-state index in [1.54, 1.807) is 48.5 Å². The van der Waals surface area contributed by atoms with E-state index >= 15 is 0 Å². The molecule has 2 fully saturated rings. The molecule has 5 nitrogen and oxygen atoms in total. The lowest BCUT2D eigenvalue weighted by Gasteiger charge is -2.31. The second-order valence-corrected chi connectivity index (χ2v) is 8.93. The maximum atomic E-state index is 13.5. The van der Waals surface area contributed by atoms with Crippen molar-refractivity contribution >= 4 is 40.9 Å². The molecule has 0 unspecified atom stereocenters. The first-order valence-corrected chi connectivity index (χ1v) is 10.8. The Morgan fingerprint density at radius 1 is 1.00 bits per heavy atom. The predicted molar refractivity (Wildman–Crippen MR) is 115 cm³/mol. The largest absolute Gasteiger partial charge is 0.274 e. The Bertz CT molecular complexity index is 992. The van der Waals surface area contributed by atoms with Crippen LogP contribution in [0.4, 0.5) is 0 Å². The van der Waals surface area contributed by atoms with Crippen molar-refractivity contribution in [3.8, 4) is 0 Å². The summed E-state index contributed by atoms with van der Waals surface area (Å²) in [5, 5.41) is 3.14. The molecule has 0 bridgehead atoms. The minimum atomic E-state index is -0.482. The molecule has 1 saturated heterocycles. The van der Waals surface area contributed by atoms with Gasteiger partial charge in [-0.25, -0.2) is 5.01 Å². The van der Waals surface area contributed by atoms with E-state index in [9.17, 15) is 14.4 Å². The van der Waals surface area contributed by atoms with Gasteiger partial charge in [-0.3, -0.25) is 14.4 Å². The van der Waals surface area contributed by atoms with Crippen molar-refractivity contribution in [2.75, 3.05) is 0 Å². The van der Waals surface area contributed by atoms with Gasteiger partial charge in [-0.2, -0.15) is 5.01 Å². The van der Waals surface area contributed by atoms with Crippen molar-refractivity contribution in [1.29, 1.82) is 0 Å². The molecule has 2 aromatic rings. The molecule has 3 atom stereocenters. The molecule has 1 heterocycles. The molecule has 0 aromatic heterocycles. The summed E-state index contributed by atoms with van der Waals surface area (Å²) in [5.74, 6) is -1.43. The Balaban J connectivity index is 1.72. The average molecular weight is 445 g/mol. The molecule has 2 aromatic carbocycles. The first-order chi connectivity index (χ1) is 14.4. The molecular weight excluding hydrogens is 423 g/mol. The van der Waals surface area contributed by atoms with Gasteiger partial charge in [0.1, 0.15) is 0 Å². The van der Waals surface area contributed by atoms with Crippen LogP contribution in [-0.2, 0) is 16.1 Å². The van der Waals surface area contributed by atoms with E-state index in [1.165, 1.54) is 5.01 Å². The third-order valence-corrected chi connectivity index (χ3v) is 6.57. The van der Waals surface area contributed by atoms with Crippen molar-refractivity contribution in [3.05, 3.63) is 69.7 Å². The van der Waals surface area contributed by atoms with Gasteiger partial charge in [0.15, 0.2) is 0 Å². The highest BCUT2D eigenvalue weighted by atomic mass is 35.5.